The Morgan fingerprint density at radius 1 is 1.26 bits per heavy atom. The number of hydrogen-bond donors (Lipinski definition) is 7. The molecule has 0 aromatic heterocycles. The second-order valence-corrected chi connectivity index (χ2v) is 9.39. The highest BCUT2D eigenvalue weighted by Gasteiger charge is 2.24. The molecule has 0 aliphatic carbocycles. The minimum atomic E-state index is -1.27. The molecule has 2 atom stereocenters. The van der Waals surface area contributed by atoms with E-state index >= 15 is 0 Å². The van der Waals surface area contributed by atoms with Gasteiger partial charge in [-0.2, -0.15) is 0 Å². The zero-order chi connectivity index (χ0) is 28.0. The molecule has 0 fully saturated rings. The van der Waals surface area contributed by atoms with Gasteiger partial charge < -0.3 is 36.6 Å². The number of halogens is 2. The van der Waals surface area contributed by atoms with Crippen LogP contribution in [0.2, 0.25) is 5.02 Å². The maximum atomic E-state index is 12.7. The molecular formula is C22H22BrClN6O8. The summed E-state index contributed by atoms with van der Waals surface area (Å²) in [5.41, 5.74) is -0.318. The van der Waals surface area contributed by atoms with Crippen molar-refractivity contribution in [1.29, 1.82) is 0 Å². The molecule has 1 aliphatic heterocycles. The number of nitrogens with zero attached hydrogens (tertiary/aromatic N) is 2. The lowest BCUT2D eigenvalue weighted by molar-refractivity contribution is -0.384. The molecule has 7 N–H and O–H groups in total. The molecule has 1 heterocycles. The van der Waals surface area contributed by atoms with E-state index in [4.69, 9.17) is 11.6 Å². The number of nitro groups is 1. The number of carboxylic acids is 1. The van der Waals surface area contributed by atoms with E-state index in [1.54, 1.807) is 0 Å². The van der Waals surface area contributed by atoms with Crippen molar-refractivity contribution < 1.29 is 34.6 Å². The van der Waals surface area contributed by atoms with Crippen LogP contribution >= 0.6 is 27.5 Å². The van der Waals surface area contributed by atoms with Gasteiger partial charge in [0.15, 0.2) is 5.96 Å². The van der Waals surface area contributed by atoms with E-state index in [2.05, 4.69) is 42.2 Å². The number of nitrogens with one attached hydrogen (secondary N) is 4. The highest BCUT2D eigenvalue weighted by molar-refractivity contribution is 9.10. The first-order valence-electron chi connectivity index (χ1n) is 10.9. The molecule has 0 bridgehead atoms. The van der Waals surface area contributed by atoms with Crippen LogP contribution < -0.4 is 21.3 Å². The van der Waals surface area contributed by atoms with Gasteiger partial charge in [0, 0.05) is 40.5 Å². The predicted octanol–water partition coefficient (Wildman–Crippen LogP) is 1.51. The Morgan fingerprint density at radius 2 is 2.00 bits per heavy atom. The molecule has 16 heteroatoms. The first-order chi connectivity index (χ1) is 17.9. The molecule has 0 spiro atoms. The standard InChI is InChI=1S/C22H22BrClN6O8/c23-16-4-11(24)3-15(20(16)35)17(6-19(33)34)29-18(32)9-25-21(36)10-1-12(5-13(2-10)30(37)38)28-22-26-7-14(31)8-27-22/h1-5,14,17,31,35H,6-9H2,(H,25,36)(H,29,32)(H,33,34)(H2,26,27,28)/t17-/m1/s1. The summed E-state index contributed by atoms with van der Waals surface area (Å²) in [6.07, 6.45) is -1.26. The number of carboxylic acid groups (broad SMARTS) is 1. The monoisotopic (exact) mass is 612 g/mol. The lowest BCUT2D eigenvalue weighted by Crippen LogP contribution is -2.42. The smallest absolute Gasteiger partial charge is 0.305 e. The van der Waals surface area contributed by atoms with Gasteiger partial charge in [-0.25, -0.2) is 0 Å². The number of aliphatic imine (C=N–C) groups is 1. The second kappa shape index (κ2) is 12.5. The van der Waals surface area contributed by atoms with Crippen molar-refractivity contribution in [3.05, 3.63) is 61.1 Å². The van der Waals surface area contributed by atoms with E-state index in [0.29, 0.717) is 0 Å². The minimum absolute atomic E-state index is 0.0487. The molecule has 202 valence electrons. The third-order valence-corrected chi connectivity index (χ3v) is 6.00. The van der Waals surface area contributed by atoms with Gasteiger partial charge in [-0.05, 0) is 34.1 Å². The molecule has 38 heavy (non-hydrogen) atoms. The topological polar surface area (TPSA) is 216 Å². The van der Waals surface area contributed by atoms with E-state index in [1.165, 1.54) is 24.3 Å². The molecule has 0 saturated heterocycles. The fraction of sp³-hybridized carbons (Fsp3) is 0.273. The molecular weight excluding hydrogens is 592 g/mol. The van der Waals surface area contributed by atoms with Crippen LogP contribution in [0.5, 0.6) is 5.75 Å². The molecule has 2 aromatic carbocycles. The summed E-state index contributed by atoms with van der Waals surface area (Å²) < 4.78 is 0.193. The summed E-state index contributed by atoms with van der Waals surface area (Å²) in [4.78, 5) is 51.3. The number of guanidine groups is 1. The molecule has 0 radical (unpaired) electrons. The van der Waals surface area contributed by atoms with Gasteiger partial charge in [-0.3, -0.25) is 29.5 Å². The van der Waals surface area contributed by atoms with E-state index in [0.717, 1.165) is 6.07 Å². The number of aromatic hydroxyl groups is 1. The van der Waals surface area contributed by atoms with E-state index in [1.807, 2.05) is 0 Å². The first kappa shape index (κ1) is 28.6. The average Bonchev–Trinajstić information content (AvgIpc) is 2.85. The van der Waals surface area contributed by atoms with Gasteiger partial charge in [0.2, 0.25) is 5.91 Å². The summed E-state index contributed by atoms with van der Waals surface area (Å²) in [6, 6.07) is 5.03. The number of aliphatic carboxylic acids is 1. The van der Waals surface area contributed by atoms with Crippen molar-refractivity contribution >= 4 is 62.6 Å². The van der Waals surface area contributed by atoms with Crippen LogP contribution in [0.15, 0.2) is 39.8 Å². The maximum Gasteiger partial charge on any atom is 0.305 e. The Morgan fingerprint density at radius 3 is 2.63 bits per heavy atom. The van der Waals surface area contributed by atoms with Crippen LogP contribution in [-0.4, -0.2) is 69.7 Å². The summed E-state index contributed by atoms with van der Waals surface area (Å²) in [6.45, 7) is -0.259. The molecule has 14 nitrogen and oxygen atoms in total. The van der Waals surface area contributed by atoms with Crippen molar-refractivity contribution in [2.45, 2.75) is 18.6 Å². The number of β-amino-alcohol motifs (C(OH)–C–C–N with tert-alkyl or cyclic N) is 1. The zero-order valence-electron chi connectivity index (χ0n) is 19.4. The van der Waals surface area contributed by atoms with Crippen LogP contribution in [0, 0.1) is 10.1 Å². The number of carbonyl (C=O) groups is 3. The highest BCUT2D eigenvalue weighted by atomic mass is 79.9. The Kier molecular flexibility index (Phi) is 9.44. The van der Waals surface area contributed by atoms with Crippen LogP contribution in [0.1, 0.15) is 28.4 Å². The number of amides is 2. The van der Waals surface area contributed by atoms with Crippen molar-refractivity contribution in [1.82, 2.24) is 16.0 Å². The third kappa shape index (κ3) is 7.77. The lowest BCUT2D eigenvalue weighted by atomic mass is 10.0. The number of rotatable bonds is 9. The number of non-ortho nitro benzene ring substituents is 1. The summed E-state index contributed by atoms with van der Waals surface area (Å²) in [7, 11) is 0. The predicted molar refractivity (Wildman–Crippen MR) is 139 cm³/mol. The summed E-state index contributed by atoms with van der Waals surface area (Å²) in [5.74, 6) is -2.93. The lowest BCUT2D eigenvalue weighted by Gasteiger charge is -2.20. The van der Waals surface area contributed by atoms with Gasteiger partial charge in [0.25, 0.3) is 11.6 Å². The normalized spacial score (nSPS) is 15.4. The number of carbonyl (C=O) groups excluding carboxylic acids is 2. The number of phenolic OH excluding ortho intramolecular Hbond substituents is 1. The number of benzene rings is 2. The van der Waals surface area contributed by atoms with Gasteiger partial charge in [0.05, 0.1) is 41.1 Å². The molecule has 2 amide bonds. The minimum Gasteiger partial charge on any atom is -0.506 e. The Labute approximate surface area is 228 Å². The van der Waals surface area contributed by atoms with Crippen molar-refractivity contribution in [2.24, 2.45) is 4.99 Å². The molecule has 2 aromatic rings. The van der Waals surface area contributed by atoms with Gasteiger partial charge in [-0.15, -0.1) is 0 Å². The Bertz CT molecular complexity index is 1310. The quantitative estimate of drug-likeness (QED) is 0.160. The largest absolute Gasteiger partial charge is 0.506 e. The average molecular weight is 614 g/mol. The SMILES string of the molecule is O=C(O)C[C@@H](NC(=O)CNC(=O)c1cc(NC2=NCC(O)CN2)cc([N+](=O)[O-])c1)c1cc(Cl)cc(Br)c1O. The Balaban J connectivity index is 1.72. The Hall–Kier alpha value is -3.95. The summed E-state index contributed by atoms with van der Waals surface area (Å²) >= 11 is 9.09. The number of anilines is 1. The van der Waals surface area contributed by atoms with E-state index in [-0.39, 0.29) is 51.1 Å². The van der Waals surface area contributed by atoms with Crippen LogP contribution in [0.25, 0.3) is 0 Å². The van der Waals surface area contributed by atoms with Crippen molar-refractivity contribution in [2.75, 3.05) is 25.0 Å². The van der Waals surface area contributed by atoms with Crippen LogP contribution in [0.4, 0.5) is 11.4 Å². The summed E-state index contributed by atoms with van der Waals surface area (Å²) in [5, 5.41) is 51.0. The number of phenols is 1. The molecule has 1 unspecified atom stereocenters. The fourth-order valence-electron chi connectivity index (χ4n) is 3.44. The number of nitro benzene ring substituents is 1. The molecule has 0 saturated carbocycles. The fourth-order valence-corrected chi connectivity index (χ4v) is 4.28. The van der Waals surface area contributed by atoms with Crippen LogP contribution in [-0.2, 0) is 9.59 Å². The van der Waals surface area contributed by atoms with Crippen molar-refractivity contribution in [3.8, 4) is 5.75 Å². The molecule has 3 rings (SSSR count). The highest BCUT2D eigenvalue weighted by Crippen LogP contribution is 2.36. The first-order valence-corrected chi connectivity index (χ1v) is 12.1. The zero-order valence-corrected chi connectivity index (χ0v) is 21.7. The van der Waals surface area contributed by atoms with E-state index in [9.17, 15) is 39.8 Å². The van der Waals surface area contributed by atoms with Gasteiger partial charge >= 0.3 is 5.97 Å². The van der Waals surface area contributed by atoms with Crippen LogP contribution in [0.3, 0.4) is 0 Å². The second-order valence-electron chi connectivity index (χ2n) is 8.10. The number of hydrogen-bond acceptors (Lipinski definition) is 10. The van der Waals surface area contributed by atoms with E-state index < -0.39 is 53.5 Å². The van der Waals surface area contributed by atoms with Gasteiger partial charge in [0.1, 0.15) is 5.75 Å². The maximum absolute atomic E-state index is 12.7. The van der Waals surface area contributed by atoms with Crippen molar-refractivity contribution in [3.63, 3.8) is 0 Å². The van der Waals surface area contributed by atoms with Gasteiger partial charge in [-0.1, -0.05) is 11.6 Å². The number of aliphatic hydroxyl groups excluding tert-OH is 1. The number of aliphatic hydroxyl groups is 1. The third-order valence-electron chi connectivity index (χ3n) is 5.18. The molecule has 1 aliphatic rings.